The lowest BCUT2D eigenvalue weighted by Crippen LogP contribution is -2.23. The third-order valence-corrected chi connectivity index (χ3v) is 5.79. The van der Waals surface area contributed by atoms with E-state index in [0.717, 1.165) is 17.0 Å². The molecule has 1 aliphatic rings. The molecular formula is C17H21FN2O2S. The normalized spacial score (nSPS) is 15.1. The third kappa shape index (κ3) is 3.19. The third-order valence-electron chi connectivity index (χ3n) is 4.39. The quantitative estimate of drug-likeness (QED) is 0.910. The van der Waals surface area contributed by atoms with E-state index in [1.54, 1.807) is 6.92 Å². The number of benzene rings is 1. The molecule has 0 unspecified atom stereocenters. The fourth-order valence-electron chi connectivity index (χ4n) is 2.96. The van der Waals surface area contributed by atoms with Crippen molar-refractivity contribution in [2.45, 2.75) is 51.1 Å². The van der Waals surface area contributed by atoms with Crippen LogP contribution in [-0.4, -0.2) is 13.0 Å². The molecule has 0 amide bonds. The standard InChI is InChI=1S/C17H21FN2O2S/c1-11-8-16(6-7-17(11)18)23(21,22)19-10-14-9-12(2)20(13(14)3)15-4-5-15/h6-9,15,19H,4-5,10H2,1-3H3. The van der Waals surface area contributed by atoms with Gasteiger partial charge in [0.05, 0.1) is 4.90 Å². The highest BCUT2D eigenvalue weighted by Gasteiger charge is 2.27. The van der Waals surface area contributed by atoms with Crippen LogP contribution in [0.4, 0.5) is 4.39 Å². The summed E-state index contributed by atoms with van der Waals surface area (Å²) in [6.45, 7) is 5.87. The number of aryl methyl sites for hydroxylation is 2. The molecule has 0 bridgehead atoms. The summed E-state index contributed by atoms with van der Waals surface area (Å²) in [4.78, 5) is 0.0902. The average molecular weight is 336 g/mol. The van der Waals surface area contributed by atoms with E-state index >= 15 is 0 Å². The molecule has 0 spiro atoms. The van der Waals surface area contributed by atoms with Gasteiger partial charge in [-0.2, -0.15) is 0 Å². The van der Waals surface area contributed by atoms with Crippen LogP contribution in [0.2, 0.25) is 0 Å². The van der Waals surface area contributed by atoms with E-state index in [-0.39, 0.29) is 11.4 Å². The maximum absolute atomic E-state index is 13.3. The minimum atomic E-state index is -3.65. The van der Waals surface area contributed by atoms with Crippen molar-refractivity contribution < 1.29 is 12.8 Å². The summed E-state index contributed by atoms with van der Waals surface area (Å²) in [5.74, 6) is -0.406. The van der Waals surface area contributed by atoms with Crippen LogP contribution < -0.4 is 4.72 Å². The second-order valence-corrected chi connectivity index (χ2v) is 8.00. The predicted molar refractivity (Wildman–Crippen MR) is 87.3 cm³/mol. The van der Waals surface area contributed by atoms with Gasteiger partial charge in [0, 0.05) is 24.0 Å². The van der Waals surface area contributed by atoms with Crippen molar-refractivity contribution in [2.24, 2.45) is 0 Å². The van der Waals surface area contributed by atoms with E-state index in [4.69, 9.17) is 0 Å². The van der Waals surface area contributed by atoms with Gasteiger partial charge in [0.25, 0.3) is 0 Å². The zero-order valence-corrected chi connectivity index (χ0v) is 14.4. The molecule has 1 aromatic carbocycles. The van der Waals surface area contributed by atoms with Gasteiger partial charge in [0.15, 0.2) is 0 Å². The Balaban J connectivity index is 1.79. The minimum absolute atomic E-state index is 0.0902. The highest BCUT2D eigenvalue weighted by atomic mass is 32.2. The van der Waals surface area contributed by atoms with Gasteiger partial charge < -0.3 is 4.57 Å². The molecule has 1 fully saturated rings. The van der Waals surface area contributed by atoms with Gasteiger partial charge in [0.1, 0.15) is 5.82 Å². The van der Waals surface area contributed by atoms with Crippen molar-refractivity contribution in [1.29, 1.82) is 0 Å². The summed E-state index contributed by atoms with van der Waals surface area (Å²) in [5.41, 5.74) is 3.58. The predicted octanol–water partition coefficient (Wildman–Crippen LogP) is 3.37. The zero-order valence-electron chi connectivity index (χ0n) is 13.6. The van der Waals surface area contributed by atoms with Crippen molar-refractivity contribution in [3.8, 4) is 0 Å². The van der Waals surface area contributed by atoms with E-state index in [9.17, 15) is 12.8 Å². The number of hydrogen-bond donors (Lipinski definition) is 1. The molecule has 1 saturated carbocycles. The second-order valence-electron chi connectivity index (χ2n) is 6.23. The van der Waals surface area contributed by atoms with E-state index in [2.05, 4.69) is 9.29 Å². The largest absolute Gasteiger partial charge is 0.346 e. The molecule has 2 aromatic rings. The van der Waals surface area contributed by atoms with Gasteiger partial charge in [-0.3, -0.25) is 0 Å². The van der Waals surface area contributed by atoms with Crippen molar-refractivity contribution in [2.75, 3.05) is 0 Å². The zero-order chi connectivity index (χ0) is 16.8. The van der Waals surface area contributed by atoms with Crippen LogP contribution in [0.3, 0.4) is 0 Å². The molecule has 3 rings (SSSR count). The summed E-state index contributed by atoms with van der Waals surface area (Å²) in [6, 6.07) is 6.43. The number of aromatic nitrogens is 1. The lowest BCUT2D eigenvalue weighted by atomic mass is 10.2. The lowest BCUT2D eigenvalue weighted by Gasteiger charge is -2.10. The van der Waals surface area contributed by atoms with Gasteiger partial charge in [0.2, 0.25) is 10.0 Å². The van der Waals surface area contributed by atoms with Crippen LogP contribution in [-0.2, 0) is 16.6 Å². The first-order valence-corrected chi connectivity index (χ1v) is 9.21. The van der Waals surface area contributed by atoms with Crippen LogP contribution in [0.25, 0.3) is 0 Å². The smallest absolute Gasteiger partial charge is 0.240 e. The van der Waals surface area contributed by atoms with E-state index in [0.29, 0.717) is 11.6 Å². The Bertz CT molecular complexity index is 852. The Labute approximate surface area is 136 Å². The first-order chi connectivity index (χ1) is 10.8. The summed E-state index contributed by atoms with van der Waals surface area (Å²) in [7, 11) is -3.65. The molecule has 4 nitrogen and oxygen atoms in total. The number of sulfonamides is 1. The molecule has 0 radical (unpaired) electrons. The Morgan fingerprint density at radius 3 is 2.52 bits per heavy atom. The van der Waals surface area contributed by atoms with Crippen LogP contribution in [0.1, 0.15) is 41.4 Å². The number of hydrogen-bond acceptors (Lipinski definition) is 2. The first-order valence-electron chi connectivity index (χ1n) is 7.72. The SMILES string of the molecule is Cc1cc(S(=O)(=O)NCc2cc(C)n(C3CC3)c2C)ccc1F. The number of nitrogens with one attached hydrogen (secondary N) is 1. The van der Waals surface area contributed by atoms with Crippen molar-refractivity contribution >= 4 is 10.0 Å². The Morgan fingerprint density at radius 1 is 1.22 bits per heavy atom. The maximum atomic E-state index is 13.3. The number of halogens is 1. The molecule has 1 aliphatic carbocycles. The molecule has 1 N–H and O–H groups in total. The Hall–Kier alpha value is -1.66. The van der Waals surface area contributed by atoms with Crippen LogP contribution in [0, 0.1) is 26.6 Å². The molecule has 1 aromatic heterocycles. The Morgan fingerprint density at radius 2 is 1.91 bits per heavy atom. The molecule has 6 heteroatoms. The summed E-state index contributed by atoms with van der Waals surface area (Å²) < 4.78 is 43.0. The molecule has 124 valence electrons. The summed E-state index contributed by atoms with van der Waals surface area (Å²) in [6.07, 6.45) is 2.38. The van der Waals surface area contributed by atoms with E-state index < -0.39 is 15.8 Å². The van der Waals surface area contributed by atoms with Crippen LogP contribution >= 0.6 is 0 Å². The highest BCUT2D eigenvalue weighted by molar-refractivity contribution is 7.89. The molecule has 0 aliphatic heterocycles. The van der Waals surface area contributed by atoms with Gasteiger partial charge in [-0.15, -0.1) is 0 Å². The summed E-state index contributed by atoms with van der Waals surface area (Å²) >= 11 is 0. The van der Waals surface area contributed by atoms with E-state index in [1.165, 1.54) is 31.0 Å². The van der Waals surface area contributed by atoms with Crippen LogP contribution in [0.5, 0.6) is 0 Å². The number of nitrogens with zero attached hydrogens (tertiary/aromatic N) is 1. The van der Waals surface area contributed by atoms with Gasteiger partial charge in [-0.25, -0.2) is 17.5 Å². The fraction of sp³-hybridized carbons (Fsp3) is 0.412. The second kappa shape index (κ2) is 5.76. The molecule has 0 saturated heterocycles. The van der Waals surface area contributed by atoms with Crippen molar-refractivity contribution in [1.82, 2.24) is 9.29 Å². The molecular weight excluding hydrogens is 315 g/mol. The fourth-order valence-corrected chi connectivity index (χ4v) is 4.05. The van der Waals surface area contributed by atoms with E-state index in [1.807, 2.05) is 19.9 Å². The van der Waals surface area contributed by atoms with Gasteiger partial charge in [-0.05, 0) is 69.0 Å². The highest BCUT2D eigenvalue weighted by Crippen LogP contribution is 2.38. The molecule has 23 heavy (non-hydrogen) atoms. The van der Waals surface area contributed by atoms with Crippen molar-refractivity contribution in [3.05, 3.63) is 52.6 Å². The number of rotatable bonds is 5. The minimum Gasteiger partial charge on any atom is -0.346 e. The maximum Gasteiger partial charge on any atom is 0.240 e. The molecule has 1 heterocycles. The molecule has 0 atom stereocenters. The first kappa shape index (κ1) is 16.2. The van der Waals surface area contributed by atoms with Crippen LogP contribution in [0.15, 0.2) is 29.2 Å². The topological polar surface area (TPSA) is 51.1 Å². The van der Waals surface area contributed by atoms with Gasteiger partial charge in [-0.1, -0.05) is 0 Å². The Kier molecular flexibility index (Phi) is 4.06. The average Bonchev–Trinajstić information content (AvgIpc) is 3.26. The lowest BCUT2D eigenvalue weighted by molar-refractivity contribution is 0.579. The van der Waals surface area contributed by atoms with Crippen molar-refractivity contribution in [3.63, 3.8) is 0 Å². The van der Waals surface area contributed by atoms with Gasteiger partial charge >= 0.3 is 0 Å². The monoisotopic (exact) mass is 336 g/mol. The summed E-state index contributed by atoms with van der Waals surface area (Å²) in [5, 5.41) is 0.